The molecule has 1 N–H and O–H groups in total. The number of nitrogens with one attached hydrogen (secondary N) is 1. The van der Waals surface area contributed by atoms with E-state index in [1.165, 1.54) is 19.1 Å². The zero-order valence-corrected chi connectivity index (χ0v) is 9.81. The Balaban J connectivity index is 3.18. The minimum absolute atomic E-state index is 0.0883. The second kappa shape index (κ2) is 4.64. The maximum absolute atomic E-state index is 13.0. The monoisotopic (exact) mass is 241 g/mol. The first-order chi connectivity index (χ1) is 7.36. The molecule has 0 aliphatic rings. The summed E-state index contributed by atoms with van der Waals surface area (Å²) in [5, 5.41) is 0. The third kappa shape index (κ3) is 2.81. The van der Waals surface area contributed by atoms with Crippen LogP contribution in [0.15, 0.2) is 23.1 Å². The van der Waals surface area contributed by atoms with Crippen LogP contribution in [0.2, 0.25) is 0 Å². The summed E-state index contributed by atoms with van der Waals surface area (Å²) in [7, 11) is -3.76. The van der Waals surface area contributed by atoms with Gasteiger partial charge < -0.3 is 0 Å². The molecule has 0 saturated heterocycles. The quantitative estimate of drug-likeness (QED) is 0.814. The maximum Gasteiger partial charge on any atom is 0.242 e. The summed E-state index contributed by atoms with van der Waals surface area (Å²) in [6.07, 6.45) is 5.07. The first kappa shape index (κ1) is 12.7. The highest BCUT2D eigenvalue weighted by atomic mass is 32.2. The summed E-state index contributed by atoms with van der Waals surface area (Å²) < 4.78 is 38.8. The van der Waals surface area contributed by atoms with Crippen LogP contribution in [0.3, 0.4) is 0 Å². The van der Waals surface area contributed by atoms with E-state index in [1.54, 1.807) is 6.92 Å². The van der Waals surface area contributed by atoms with Gasteiger partial charge in [-0.15, -0.1) is 6.42 Å². The van der Waals surface area contributed by atoms with Gasteiger partial charge >= 0.3 is 0 Å². The molecule has 1 aromatic rings. The molecule has 5 heteroatoms. The average molecular weight is 241 g/mol. The predicted octanol–water partition coefficient (Wildman–Crippen LogP) is 1.43. The molecular weight excluding hydrogens is 229 g/mol. The number of sulfonamides is 1. The highest BCUT2D eigenvalue weighted by Gasteiger charge is 2.19. The standard InChI is InChI=1S/C11H12FNO2S/c1-4-9(3)13-16(14,15)11-7-10(12)6-5-8(11)2/h1,5-7,9,13H,2-3H3. The van der Waals surface area contributed by atoms with E-state index in [-0.39, 0.29) is 4.90 Å². The molecule has 0 aliphatic carbocycles. The van der Waals surface area contributed by atoms with Crippen LogP contribution in [0, 0.1) is 25.1 Å². The van der Waals surface area contributed by atoms with Gasteiger partial charge in [0.2, 0.25) is 10.0 Å². The molecule has 0 fully saturated rings. The Morgan fingerprint density at radius 2 is 2.12 bits per heavy atom. The second-order valence-corrected chi connectivity index (χ2v) is 5.10. The van der Waals surface area contributed by atoms with Gasteiger partial charge in [-0.05, 0) is 31.5 Å². The Labute approximate surface area is 94.7 Å². The molecule has 0 spiro atoms. The van der Waals surface area contributed by atoms with Gasteiger partial charge in [0, 0.05) is 0 Å². The van der Waals surface area contributed by atoms with E-state index >= 15 is 0 Å². The highest BCUT2D eigenvalue weighted by Crippen LogP contribution is 2.16. The summed E-state index contributed by atoms with van der Waals surface area (Å²) in [5.74, 6) is 1.64. The molecule has 0 bridgehead atoms. The molecule has 1 aromatic carbocycles. The van der Waals surface area contributed by atoms with Crippen molar-refractivity contribution < 1.29 is 12.8 Å². The van der Waals surface area contributed by atoms with Gasteiger partial charge in [0.05, 0.1) is 10.9 Å². The summed E-state index contributed by atoms with van der Waals surface area (Å²) in [6.45, 7) is 3.13. The maximum atomic E-state index is 13.0. The smallest absolute Gasteiger partial charge is 0.207 e. The van der Waals surface area contributed by atoms with Crippen LogP contribution in [-0.2, 0) is 10.0 Å². The van der Waals surface area contributed by atoms with Gasteiger partial charge in [0.1, 0.15) is 5.82 Å². The van der Waals surface area contributed by atoms with Crippen LogP contribution in [0.25, 0.3) is 0 Å². The van der Waals surface area contributed by atoms with Gasteiger partial charge in [0.25, 0.3) is 0 Å². The van der Waals surface area contributed by atoms with Crippen molar-refractivity contribution >= 4 is 10.0 Å². The Kier molecular flexibility index (Phi) is 3.68. The van der Waals surface area contributed by atoms with Crippen LogP contribution in [-0.4, -0.2) is 14.5 Å². The molecule has 0 saturated carbocycles. The van der Waals surface area contributed by atoms with Crippen molar-refractivity contribution in [1.29, 1.82) is 0 Å². The molecule has 0 aromatic heterocycles. The van der Waals surface area contributed by atoms with Gasteiger partial charge in [-0.3, -0.25) is 0 Å². The Bertz CT molecular complexity index is 531. The third-order valence-corrected chi connectivity index (χ3v) is 3.70. The van der Waals surface area contributed by atoms with Crippen molar-refractivity contribution in [3.05, 3.63) is 29.6 Å². The average Bonchev–Trinajstić information content (AvgIpc) is 2.20. The molecule has 0 radical (unpaired) electrons. The van der Waals surface area contributed by atoms with Crippen molar-refractivity contribution in [2.45, 2.75) is 24.8 Å². The fourth-order valence-electron chi connectivity index (χ4n) is 1.19. The highest BCUT2D eigenvalue weighted by molar-refractivity contribution is 7.89. The largest absolute Gasteiger partial charge is 0.242 e. The lowest BCUT2D eigenvalue weighted by Gasteiger charge is -2.11. The zero-order valence-electron chi connectivity index (χ0n) is 8.99. The van der Waals surface area contributed by atoms with Crippen LogP contribution < -0.4 is 4.72 Å². The lowest BCUT2D eigenvalue weighted by atomic mass is 10.2. The van der Waals surface area contributed by atoms with Crippen molar-refractivity contribution in [2.75, 3.05) is 0 Å². The molecule has 16 heavy (non-hydrogen) atoms. The van der Waals surface area contributed by atoms with E-state index in [4.69, 9.17) is 6.42 Å². The Hall–Kier alpha value is -1.38. The van der Waals surface area contributed by atoms with E-state index in [0.29, 0.717) is 5.56 Å². The summed E-state index contributed by atoms with van der Waals surface area (Å²) >= 11 is 0. The Morgan fingerprint density at radius 3 is 2.69 bits per heavy atom. The molecule has 86 valence electrons. The fourth-order valence-corrected chi connectivity index (χ4v) is 2.61. The van der Waals surface area contributed by atoms with Crippen molar-refractivity contribution in [2.24, 2.45) is 0 Å². The topological polar surface area (TPSA) is 46.2 Å². The first-order valence-electron chi connectivity index (χ1n) is 4.61. The van der Waals surface area contributed by atoms with Crippen LogP contribution in [0.4, 0.5) is 4.39 Å². The minimum Gasteiger partial charge on any atom is -0.207 e. The van der Waals surface area contributed by atoms with Crippen molar-refractivity contribution in [1.82, 2.24) is 4.72 Å². The van der Waals surface area contributed by atoms with E-state index in [9.17, 15) is 12.8 Å². The summed E-state index contributed by atoms with van der Waals surface area (Å²) in [4.78, 5) is -0.0883. The van der Waals surface area contributed by atoms with E-state index in [0.717, 1.165) is 6.07 Å². The summed E-state index contributed by atoms with van der Waals surface area (Å²) in [5.41, 5.74) is 0.470. The molecule has 1 unspecified atom stereocenters. The molecule has 1 rings (SSSR count). The molecule has 0 amide bonds. The number of hydrogen-bond acceptors (Lipinski definition) is 2. The molecule has 1 atom stereocenters. The number of terminal acetylenes is 1. The number of rotatable bonds is 3. The minimum atomic E-state index is -3.76. The first-order valence-corrected chi connectivity index (χ1v) is 6.10. The van der Waals surface area contributed by atoms with Crippen LogP contribution in [0.5, 0.6) is 0 Å². The zero-order chi connectivity index (χ0) is 12.3. The van der Waals surface area contributed by atoms with Crippen LogP contribution >= 0.6 is 0 Å². The van der Waals surface area contributed by atoms with Crippen molar-refractivity contribution in [3.63, 3.8) is 0 Å². The number of benzene rings is 1. The molecule has 0 aliphatic heterocycles. The van der Waals surface area contributed by atoms with E-state index in [2.05, 4.69) is 10.6 Å². The predicted molar refractivity (Wildman–Crippen MR) is 59.8 cm³/mol. The van der Waals surface area contributed by atoms with E-state index < -0.39 is 21.9 Å². The number of halogens is 1. The lowest BCUT2D eigenvalue weighted by molar-refractivity contribution is 0.573. The van der Waals surface area contributed by atoms with E-state index in [1.807, 2.05) is 0 Å². The molecule has 3 nitrogen and oxygen atoms in total. The molecular formula is C11H12FNO2S. The van der Waals surface area contributed by atoms with Crippen molar-refractivity contribution in [3.8, 4) is 12.3 Å². The lowest BCUT2D eigenvalue weighted by Crippen LogP contribution is -2.31. The van der Waals surface area contributed by atoms with Gasteiger partial charge in [-0.25, -0.2) is 12.8 Å². The van der Waals surface area contributed by atoms with Gasteiger partial charge in [-0.1, -0.05) is 12.0 Å². The number of aryl methyl sites for hydroxylation is 1. The molecule has 0 heterocycles. The van der Waals surface area contributed by atoms with Crippen LogP contribution in [0.1, 0.15) is 12.5 Å². The summed E-state index contributed by atoms with van der Waals surface area (Å²) in [6, 6.07) is 2.96. The SMILES string of the molecule is C#CC(C)NS(=O)(=O)c1cc(F)ccc1C. The number of hydrogen-bond donors (Lipinski definition) is 1. The third-order valence-electron chi connectivity index (χ3n) is 2.02. The Morgan fingerprint density at radius 1 is 1.50 bits per heavy atom. The van der Waals surface area contributed by atoms with Gasteiger partial charge in [-0.2, -0.15) is 4.72 Å². The normalized spacial score (nSPS) is 13.1. The van der Waals surface area contributed by atoms with Gasteiger partial charge in [0.15, 0.2) is 0 Å². The second-order valence-electron chi connectivity index (χ2n) is 3.42. The fraction of sp³-hybridized carbons (Fsp3) is 0.273.